The Morgan fingerprint density at radius 3 is 2.39 bits per heavy atom. The molecule has 0 aliphatic rings. The number of aliphatic hydroxyl groups is 1. The summed E-state index contributed by atoms with van der Waals surface area (Å²) in [6.07, 6.45) is 0.426. The number of aliphatic hydroxyl groups excluding tert-OH is 1. The molecule has 7 heteroatoms. The zero-order chi connectivity index (χ0) is 13.6. The van der Waals surface area contributed by atoms with Crippen LogP contribution in [0.25, 0.3) is 0 Å². The monoisotopic (exact) mass is 273 g/mol. The molecule has 0 amide bonds. The highest BCUT2D eigenvalue weighted by Crippen LogP contribution is 2.18. The summed E-state index contributed by atoms with van der Waals surface area (Å²) in [7, 11) is -3.49. The molecule has 1 aromatic carbocycles. The zero-order valence-electron chi connectivity index (χ0n) is 10.3. The Hall–Kier alpha value is -1.15. The summed E-state index contributed by atoms with van der Waals surface area (Å²) < 4.78 is 25.9. The van der Waals surface area contributed by atoms with Crippen LogP contribution in [0, 0.1) is 0 Å². The molecule has 1 rings (SSSR count). The number of anilines is 1. The van der Waals surface area contributed by atoms with Gasteiger partial charge in [-0.05, 0) is 30.7 Å². The lowest BCUT2D eigenvalue weighted by molar-refractivity contribution is 0.271. The number of nitrogen functional groups attached to an aromatic ring is 1. The maximum atomic E-state index is 12.3. The van der Waals surface area contributed by atoms with Crippen LogP contribution in [0.5, 0.6) is 0 Å². The van der Waals surface area contributed by atoms with Crippen molar-refractivity contribution in [3.05, 3.63) is 24.3 Å². The number of nitrogens with two attached hydrogens (primary N) is 1. The van der Waals surface area contributed by atoms with Gasteiger partial charge in [0.2, 0.25) is 10.0 Å². The molecule has 102 valence electrons. The summed E-state index contributed by atoms with van der Waals surface area (Å²) in [5.74, 6) is 5.22. The van der Waals surface area contributed by atoms with E-state index in [0.717, 1.165) is 0 Å². The first kappa shape index (κ1) is 14.9. The molecule has 0 saturated heterocycles. The molecule has 0 aliphatic carbocycles. The number of benzene rings is 1. The van der Waals surface area contributed by atoms with E-state index in [1.54, 1.807) is 19.1 Å². The molecule has 0 aromatic heterocycles. The topological polar surface area (TPSA) is 95.7 Å². The van der Waals surface area contributed by atoms with E-state index in [9.17, 15) is 8.42 Å². The Kier molecular flexibility index (Phi) is 5.54. The Balaban J connectivity index is 2.95. The molecule has 0 heterocycles. The van der Waals surface area contributed by atoms with E-state index in [4.69, 9.17) is 10.9 Å². The Morgan fingerprint density at radius 1 is 1.33 bits per heavy atom. The van der Waals surface area contributed by atoms with Gasteiger partial charge in [-0.2, -0.15) is 4.31 Å². The number of hydrogen-bond donors (Lipinski definition) is 3. The van der Waals surface area contributed by atoms with E-state index in [1.165, 1.54) is 16.4 Å². The first-order valence-electron chi connectivity index (χ1n) is 5.74. The molecule has 1 aromatic rings. The van der Waals surface area contributed by atoms with Gasteiger partial charge in [0, 0.05) is 25.4 Å². The minimum atomic E-state index is -3.49. The van der Waals surface area contributed by atoms with Crippen molar-refractivity contribution < 1.29 is 13.5 Å². The van der Waals surface area contributed by atoms with E-state index in [-0.39, 0.29) is 11.5 Å². The van der Waals surface area contributed by atoms with Crippen molar-refractivity contribution in [3.8, 4) is 0 Å². The molecule has 0 bridgehead atoms. The number of nitrogens with zero attached hydrogens (tertiary/aromatic N) is 1. The number of hydrazine groups is 1. The summed E-state index contributed by atoms with van der Waals surface area (Å²) in [4.78, 5) is 0.223. The van der Waals surface area contributed by atoms with Crippen LogP contribution in [-0.4, -0.2) is 37.5 Å². The average Bonchev–Trinajstić information content (AvgIpc) is 2.39. The van der Waals surface area contributed by atoms with Crippen LogP contribution in [0.1, 0.15) is 13.3 Å². The third-order valence-electron chi connectivity index (χ3n) is 2.58. The molecule has 18 heavy (non-hydrogen) atoms. The fraction of sp³-hybridized carbons (Fsp3) is 0.455. The zero-order valence-corrected chi connectivity index (χ0v) is 11.2. The van der Waals surface area contributed by atoms with Crippen LogP contribution in [-0.2, 0) is 10.0 Å². The van der Waals surface area contributed by atoms with Gasteiger partial charge in [0.25, 0.3) is 0 Å². The Labute approximate surface area is 107 Å². The average molecular weight is 273 g/mol. The Morgan fingerprint density at radius 2 is 1.94 bits per heavy atom. The van der Waals surface area contributed by atoms with Crippen LogP contribution in [0.4, 0.5) is 5.69 Å². The van der Waals surface area contributed by atoms with Crippen molar-refractivity contribution in [2.75, 3.05) is 25.1 Å². The second-order valence-corrected chi connectivity index (χ2v) is 5.68. The van der Waals surface area contributed by atoms with Gasteiger partial charge in [-0.25, -0.2) is 8.42 Å². The molecule has 0 atom stereocenters. The molecule has 0 aliphatic heterocycles. The van der Waals surface area contributed by atoms with E-state index in [1.807, 2.05) is 0 Å². The number of sulfonamides is 1. The summed E-state index contributed by atoms with van der Waals surface area (Å²) >= 11 is 0. The second kappa shape index (κ2) is 6.69. The number of nitrogens with one attached hydrogen (secondary N) is 1. The summed E-state index contributed by atoms with van der Waals surface area (Å²) in [5.41, 5.74) is 3.09. The fourth-order valence-corrected chi connectivity index (χ4v) is 3.06. The SMILES string of the molecule is CCN(CCCO)S(=O)(=O)c1ccc(NN)cc1. The van der Waals surface area contributed by atoms with Crippen LogP contribution in [0.2, 0.25) is 0 Å². The Bertz CT molecular complexity index is 459. The number of hydrogen-bond acceptors (Lipinski definition) is 5. The smallest absolute Gasteiger partial charge is 0.243 e. The molecule has 6 nitrogen and oxygen atoms in total. The van der Waals surface area contributed by atoms with Crippen molar-refractivity contribution in [2.45, 2.75) is 18.2 Å². The lowest BCUT2D eigenvalue weighted by Crippen LogP contribution is -2.32. The fourth-order valence-electron chi connectivity index (χ4n) is 1.57. The largest absolute Gasteiger partial charge is 0.396 e. The predicted octanol–water partition coefficient (Wildman–Crippen LogP) is 0.365. The first-order chi connectivity index (χ1) is 8.56. The van der Waals surface area contributed by atoms with Gasteiger partial charge >= 0.3 is 0 Å². The highest BCUT2D eigenvalue weighted by molar-refractivity contribution is 7.89. The summed E-state index contributed by atoms with van der Waals surface area (Å²) in [5, 5.41) is 8.77. The molecule has 4 N–H and O–H groups in total. The normalized spacial score (nSPS) is 11.8. The van der Waals surface area contributed by atoms with Crippen LogP contribution in [0.3, 0.4) is 0 Å². The van der Waals surface area contributed by atoms with Crippen molar-refractivity contribution in [3.63, 3.8) is 0 Å². The van der Waals surface area contributed by atoms with Crippen molar-refractivity contribution in [2.24, 2.45) is 5.84 Å². The minimum Gasteiger partial charge on any atom is -0.396 e. The lowest BCUT2D eigenvalue weighted by atomic mass is 10.3. The molecular formula is C11H19N3O3S. The third-order valence-corrected chi connectivity index (χ3v) is 4.57. The van der Waals surface area contributed by atoms with Gasteiger partial charge in [0.1, 0.15) is 0 Å². The molecule has 0 radical (unpaired) electrons. The third kappa shape index (κ3) is 3.42. The standard InChI is InChI=1S/C11H19N3O3S/c1-2-14(8-3-9-15)18(16,17)11-6-4-10(13-12)5-7-11/h4-7,13,15H,2-3,8-9,12H2,1H3. The molecule has 0 fully saturated rings. The van der Waals surface area contributed by atoms with Gasteiger partial charge < -0.3 is 10.5 Å². The van der Waals surface area contributed by atoms with Crippen LogP contribution in [0.15, 0.2) is 29.2 Å². The summed E-state index contributed by atoms with van der Waals surface area (Å²) in [6, 6.07) is 6.22. The van der Waals surface area contributed by atoms with Crippen molar-refractivity contribution in [1.29, 1.82) is 0 Å². The highest BCUT2D eigenvalue weighted by Gasteiger charge is 2.22. The van der Waals surface area contributed by atoms with Crippen molar-refractivity contribution in [1.82, 2.24) is 4.31 Å². The van der Waals surface area contributed by atoms with Gasteiger partial charge in [-0.15, -0.1) is 0 Å². The highest BCUT2D eigenvalue weighted by atomic mass is 32.2. The maximum Gasteiger partial charge on any atom is 0.243 e. The second-order valence-electron chi connectivity index (χ2n) is 3.74. The lowest BCUT2D eigenvalue weighted by Gasteiger charge is -2.20. The molecule has 0 spiro atoms. The molecule has 0 saturated carbocycles. The van der Waals surface area contributed by atoms with E-state index < -0.39 is 10.0 Å². The van der Waals surface area contributed by atoms with Gasteiger partial charge in [-0.3, -0.25) is 5.84 Å². The first-order valence-corrected chi connectivity index (χ1v) is 7.18. The number of rotatable bonds is 7. The molecular weight excluding hydrogens is 254 g/mol. The van der Waals surface area contributed by atoms with Crippen LogP contribution >= 0.6 is 0 Å². The minimum absolute atomic E-state index is 0.0257. The van der Waals surface area contributed by atoms with E-state index >= 15 is 0 Å². The van der Waals surface area contributed by atoms with E-state index in [2.05, 4.69) is 5.43 Å². The van der Waals surface area contributed by atoms with Gasteiger partial charge in [0.05, 0.1) is 4.90 Å². The predicted molar refractivity (Wildman–Crippen MR) is 70.4 cm³/mol. The van der Waals surface area contributed by atoms with Crippen molar-refractivity contribution >= 4 is 15.7 Å². The van der Waals surface area contributed by atoms with Crippen LogP contribution < -0.4 is 11.3 Å². The van der Waals surface area contributed by atoms with Gasteiger partial charge in [0.15, 0.2) is 0 Å². The van der Waals surface area contributed by atoms with Gasteiger partial charge in [-0.1, -0.05) is 6.92 Å². The quantitative estimate of drug-likeness (QED) is 0.492. The maximum absolute atomic E-state index is 12.3. The van der Waals surface area contributed by atoms with E-state index in [0.29, 0.717) is 25.2 Å². The molecule has 0 unspecified atom stereocenters. The summed E-state index contributed by atoms with van der Waals surface area (Å²) in [6.45, 7) is 2.43.